The molecule has 0 heterocycles. The van der Waals surface area contributed by atoms with Gasteiger partial charge in [-0.05, 0) is 59.7 Å². The number of phenolic OH excluding ortho intramolecular Hbond substituents is 1. The van der Waals surface area contributed by atoms with Crippen LogP contribution in [0.25, 0.3) is 10.8 Å². The van der Waals surface area contributed by atoms with Crippen molar-refractivity contribution in [3.05, 3.63) is 41.5 Å². The SMILES string of the molecule is CCCCc1ccc2cc(O)ccc2c1CCCC. The minimum atomic E-state index is 0.357. The molecule has 0 spiro atoms. The molecule has 0 bridgehead atoms. The molecule has 0 radical (unpaired) electrons. The predicted octanol–water partition coefficient (Wildman–Crippen LogP) is 5.23. The first-order valence-electron chi connectivity index (χ1n) is 7.49. The van der Waals surface area contributed by atoms with Crippen molar-refractivity contribution in [2.75, 3.05) is 0 Å². The van der Waals surface area contributed by atoms with Gasteiger partial charge in [-0.25, -0.2) is 0 Å². The van der Waals surface area contributed by atoms with Crippen LogP contribution in [0.15, 0.2) is 30.3 Å². The van der Waals surface area contributed by atoms with Gasteiger partial charge in [0.15, 0.2) is 0 Å². The molecule has 1 heteroatoms. The largest absolute Gasteiger partial charge is 0.508 e. The molecule has 0 unspecified atom stereocenters. The lowest BCUT2D eigenvalue weighted by Crippen LogP contribution is -1.96. The van der Waals surface area contributed by atoms with Crippen molar-refractivity contribution in [3.8, 4) is 5.75 Å². The predicted molar refractivity (Wildman–Crippen MR) is 82.8 cm³/mol. The maximum atomic E-state index is 9.61. The quantitative estimate of drug-likeness (QED) is 0.750. The lowest BCUT2D eigenvalue weighted by Gasteiger charge is -2.13. The van der Waals surface area contributed by atoms with E-state index >= 15 is 0 Å². The van der Waals surface area contributed by atoms with Gasteiger partial charge in [-0.15, -0.1) is 0 Å². The number of aryl methyl sites for hydroxylation is 2. The second-order valence-electron chi connectivity index (χ2n) is 5.32. The van der Waals surface area contributed by atoms with Crippen LogP contribution in [0.4, 0.5) is 0 Å². The molecule has 0 aliphatic heterocycles. The maximum Gasteiger partial charge on any atom is 0.116 e. The average molecular weight is 256 g/mol. The summed E-state index contributed by atoms with van der Waals surface area (Å²) in [5.74, 6) is 0.357. The zero-order chi connectivity index (χ0) is 13.7. The summed E-state index contributed by atoms with van der Waals surface area (Å²) in [7, 11) is 0. The number of rotatable bonds is 6. The number of hydrogen-bond donors (Lipinski definition) is 1. The molecular formula is C18H24O. The fraction of sp³-hybridized carbons (Fsp3) is 0.444. The van der Waals surface area contributed by atoms with E-state index in [-0.39, 0.29) is 0 Å². The molecule has 1 N–H and O–H groups in total. The second-order valence-corrected chi connectivity index (χ2v) is 5.32. The molecule has 0 fully saturated rings. The van der Waals surface area contributed by atoms with Crippen molar-refractivity contribution in [1.29, 1.82) is 0 Å². The molecule has 0 aliphatic rings. The third-order valence-corrected chi connectivity index (χ3v) is 3.79. The van der Waals surface area contributed by atoms with E-state index in [1.54, 1.807) is 6.07 Å². The molecule has 0 aromatic heterocycles. The third kappa shape index (κ3) is 3.28. The van der Waals surface area contributed by atoms with E-state index in [0.717, 1.165) is 11.8 Å². The van der Waals surface area contributed by atoms with Crippen molar-refractivity contribution in [2.45, 2.75) is 52.4 Å². The Morgan fingerprint density at radius 1 is 0.895 bits per heavy atom. The lowest BCUT2D eigenvalue weighted by molar-refractivity contribution is 0.476. The Balaban J connectivity index is 2.45. The Hall–Kier alpha value is -1.50. The minimum Gasteiger partial charge on any atom is -0.508 e. The summed E-state index contributed by atoms with van der Waals surface area (Å²) in [5.41, 5.74) is 2.99. The fourth-order valence-corrected chi connectivity index (χ4v) is 2.68. The van der Waals surface area contributed by atoms with Crippen molar-refractivity contribution in [1.82, 2.24) is 0 Å². The van der Waals surface area contributed by atoms with Crippen LogP contribution < -0.4 is 0 Å². The molecule has 0 atom stereocenters. The van der Waals surface area contributed by atoms with Crippen LogP contribution in [-0.2, 0) is 12.8 Å². The number of fused-ring (bicyclic) bond motifs is 1. The highest BCUT2D eigenvalue weighted by Crippen LogP contribution is 2.28. The standard InChI is InChI=1S/C18H24O/c1-3-5-7-14-9-10-15-13-16(19)11-12-18(15)17(14)8-6-4-2/h9-13,19H,3-8H2,1-2H3. The third-order valence-electron chi connectivity index (χ3n) is 3.79. The summed E-state index contributed by atoms with van der Waals surface area (Å²) < 4.78 is 0. The molecule has 2 rings (SSSR count). The molecule has 0 amide bonds. The van der Waals surface area contributed by atoms with Crippen molar-refractivity contribution >= 4 is 10.8 Å². The summed E-state index contributed by atoms with van der Waals surface area (Å²) in [6.45, 7) is 4.48. The first-order chi connectivity index (χ1) is 9.26. The first-order valence-corrected chi connectivity index (χ1v) is 7.49. The molecular weight excluding hydrogens is 232 g/mol. The van der Waals surface area contributed by atoms with E-state index in [1.807, 2.05) is 6.07 Å². The molecule has 0 aliphatic carbocycles. The highest BCUT2D eigenvalue weighted by Gasteiger charge is 2.07. The Kier molecular flexibility index (Phi) is 4.84. The van der Waals surface area contributed by atoms with Crippen molar-refractivity contribution in [3.63, 3.8) is 0 Å². The maximum absolute atomic E-state index is 9.61. The van der Waals surface area contributed by atoms with Gasteiger partial charge in [-0.1, -0.05) is 44.9 Å². The molecule has 102 valence electrons. The van der Waals surface area contributed by atoms with E-state index in [4.69, 9.17) is 0 Å². The highest BCUT2D eigenvalue weighted by atomic mass is 16.3. The second kappa shape index (κ2) is 6.60. The Morgan fingerprint density at radius 2 is 1.63 bits per heavy atom. The Bertz CT molecular complexity index is 543. The van der Waals surface area contributed by atoms with Gasteiger partial charge < -0.3 is 5.11 Å². The van der Waals surface area contributed by atoms with Gasteiger partial charge in [-0.2, -0.15) is 0 Å². The number of aromatic hydroxyl groups is 1. The smallest absolute Gasteiger partial charge is 0.116 e. The average Bonchev–Trinajstić information content (AvgIpc) is 2.42. The Labute approximate surface area is 116 Å². The van der Waals surface area contributed by atoms with E-state index in [1.165, 1.54) is 48.6 Å². The zero-order valence-electron chi connectivity index (χ0n) is 12.1. The number of benzene rings is 2. The van der Waals surface area contributed by atoms with Gasteiger partial charge in [0, 0.05) is 0 Å². The molecule has 1 nitrogen and oxygen atoms in total. The fourth-order valence-electron chi connectivity index (χ4n) is 2.68. The van der Waals surface area contributed by atoms with Crippen molar-refractivity contribution < 1.29 is 5.11 Å². The lowest BCUT2D eigenvalue weighted by atomic mass is 9.92. The number of phenols is 1. The van der Waals surface area contributed by atoms with Gasteiger partial charge in [0.2, 0.25) is 0 Å². The van der Waals surface area contributed by atoms with Crippen LogP contribution in [-0.4, -0.2) is 5.11 Å². The van der Waals surface area contributed by atoms with Crippen LogP contribution in [0, 0.1) is 0 Å². The molecule has 0 saturated carbocycles. The molecule has 0 saturated heterocycles. The van der Waals surface area contributed by atoms with Crippen LogP contribution in [0.5, 0.6) is 5.75 Å². The van der Waals surface area contributed by atoms with Gasteiger partial charge >= 0.3 is 0 Å². The Morgan fingerprint density at radius 3 is 2.37 bits per heavy atom. The molecule has 19 heavy (non-hydrogen) atoms. The number of hydrogen-bond acceptors (Lipinski definition) is 1. The van der Waals surface area contributed by atoms with Gasteiger partial charge in [0.1, 0.15) is 5.75 Å². The normalized spacial score (nSPS) is 11.1. The minimum absolute atomic E-state index is 0.357. The zero-order valence-corrected chi connectivity index (χ0v) is 12.1. The molecule has 2 aromatic carbocycles. The van der Waals surface area contributed by atoms with Crippen LogP contribution >= 0.6 is 0 Å². The van der Waals surface area contributed by atoms with E-state index < -0.39 is 0 Å². The van der Waals surface area contributed by atoms with Crippen molar-refractivity contribution in [2.24, 2.45) is 0 Å². The highest BCUT2D eigenvalue weighted by molar-refractivity contribution is 5.88. The molecule has 2 aromatic rings. The van der Waals surface area contributed by atoms with E-state index in [0.29, 0.717) is 5.75 Å². The topological polar surface area (TPSA) is 20.2 Å². The van der Waals surface area contributed by atoms with Gasteiger partial charge in [0.25, 0.3) is 0 Å². The summed E-state index contributed by atoms with van der Waals surface area (Å²) in [5, 5.41) is 12.1. The number of unbranched alkanes of at least 4 members (excludes halogenated alkanes) is 2. The van der Waals surface area contributed by atoms with Crippen LogP contribution in [0.3, 0.4) is 0 Å². The van der Waals surface area contributed by atoms with E-state index in [9.17, 15) is 5.11 Å². The van der Waals surface area contributed by atoms with Gasteiger partial charge in [0.05, 0.1) is 0 Å². The van der Waals surface area contributed by atoms with Crippen LogP contribution in [0.2, 0.25) is 0 Å². The monoisotopic (exact) mass is 256 g/mol. The van der Waals surface area contributed by atoms with E-state index in [2.05, 4.69) is 32.0 Å². The summed E-state index contributed by atoms with van der Waals surface area (Å²) >= 11 is 0. The summed E-state index contributed by atoms with van der Waals surface area (Å²) in [6, 6.07) is 10.2. The first kappa shape index (κ1) is 13.9. The summed E-state index contributed by atoms with van der Waals surface area (Å²) in [6.07, 6.45) is 7.27. The van der Waals surface area contributed by atoms with Crippen LogP contribution in [0.1, 0.15) is 50.7 Å². The summed E-state index contributed by atoms with van der Waals surface area (Å²) in [4.78, 5) is 0. The van der Waals surface area contributed by atoms with Gasteiger partial charge in [-0.3, -0.25) is 0 Å².